The first kappa shape index (κ1) is 20.4. The van der Waals surface area contributed by atoms with Crippen LogP contribution >= 0.6 is 36.3 Å². The molecule has 2 aliphatic rings. The third-order valence-corrected chi connectivity index (χ3v) is 5.22. The quantitative estimate of drug-likeness (QED) is 0.860. The molecule has 0 aliphatic carbocycles. The Morgan fingerprint density at radius 1 is 1.30 bits per heavy atom. The van der Waals surface area contributed by atoms with Crippen molar-refractivity contribution in [3.05, 3.63) is 5.82 Å². The number of anilines is 1. The lowest BCUT2D eigenvalue weighted by atomic mass is 10.0. The second-order valence-electron chi connectivity index (χ2n) is 5.89. The van der Waals surface area contributed by atoms with Gasteiger partial charge in [0, 0.05) is 44.1 Å². The van der Waals surface area contributed by atoms with Crippen molar-refractivity contribution in [2.24, 2.45) is 5.92 Å². The van der Waals surface area contributed by atoms with E-state index >= 15 is 0 Å². The first-order valence-corrected chi connectivity index (χ1v) is 8.53. The Balaban J connectivity index is 0.00000132. The Morgan fingerprint density at radius 3 is 2.61 bits per heavy atom. The fourth-order valence-electron chi connectivity index (χ4n) is 3.01. The molecule has 1 N–H and O–H groups in total. The maximum Gasteiger partial charge on any atom is 0.222 e. The van der Waals surface area contributed by atoms with Crippen molar-refractivity contribution in [2.75, 3.05) is 44.2 Å². The number of halogens is 2. The summed E-state index contributed by atoms with van der Waals surface area (Å²) < 4.78 is 4.22. The Hall–Kier alpha value is -0.630. The molecule has 2 fully saturated rings. The summed E-state index contributed by atoms with van der Waals surface area (Å²) in [5.41, 5.74) is 0. The van der Waals surface area contributed by atoms with Crippen molar-refractivity contribution in [3.63, 3.8) is 0 Å². The number of aryl methyl sites for hydroxylation is 1. The Labute approximate surface area is 154 Å². The molecule has 9 heteroatoms. The van der Waals surface area contributed by atoms with Gasteiger partial charge in [-0.3, -0.25) is 4.79 Å². The van der Waals surface area contributed by atoms with Gasteiger partial charge in [-0.25, -0.2) is 4.98 Å². The highest BCUT2D eigenvalue weighted by Crippen LogP contribution is 2.20. The van der Waals surface area contributed by atoms with Crippen LogP contribution in [0, 0.1) is 12.8 Å². The van der Waals surface area contributed by atoms with Crippen LogP contribution in [0.25, 0.3) is 0 Å². The number of nitrogens with zero attached hydrogens (tertiary/aromatic N) is 4. The number of aromatic nitrogens is 2. The minimum Gasteiger partial charge on any atom is -0.343 e. The van der Waals surface area contributed by atoms with Gasteiger partial charge in [0.2, 0.25) is 11.0 Å². The second-order valence-corrected chi connectivity index (χ2v) is 6.62. The van der Waals surface area contributed by atoms with E-state index in [2.05, 4.69) is 19.6 Å². The van der Waals surface area contributed by atoms with Crippen molar-refractivity contribution in [1.29, 1.82) is 0 Å². The zero-order chi connectivity index (χ0) is 14.7. The van der Waals surface area contributed by atoms with Crippen molar-refractivity contribution in [3.8, 4) is 0 Å². The number of nitrogens with one attached hydrogen (secondary N) is 1. The van der Waals surface area contributed by atoms with Gasteiger partial charge < -0.3 is 15.1 Å². The van der Waals surface area contributed by atoms with Crippen LogP contribution in [-0.4, -0.2) is 59.4 Å². The monoisotopic (exact) mass is 381 g/mol. The van der Waals surface area contributed by atoms with E-state index in [1.165, 1.54) is 18.0 Å². The molecule has 1 aromatic rings. The second kappa shape index (κ2) is 9.61. The molecular formula is C14H25Cl2N5OS. The maximum absolute atomic E-state index is 12.3. The number of amides is 1. The Bertz CT molecular complexity index is 487. The molecule has 0 bridgehead atoms. The van der Waals surface area contributed by atoms with E-state index in [0.717, 1.165) is 56.6 Å². The van der Waals surface area contributed by atoms with E-state index in [1.807, 2.05) is 11.8 Å². The predicted octanol–water partition coefficient (Wildman–Crippen LogP) is 1.73. The van der Waals surface area contributed by atoms with Gasteiger partial charge in [0.1, 0.15) is 5.82 Å². The first-order chi connectivity index (χ1) is 10.2. The largest absolute Gasteiger partial charge is 0.343 e. The number of rotatable bonds is 4. The van der Waals surface area contributed by atoms with Gasteiger partial charge in [-0.15, -0.1) is 24.8 Å². The minimum atomic E-state index is 0. The third kappa shape index (κ3) is 5.45. The van der Waals surface area contributed by atoms with Crippen molar-refractivity contribution in [2.45, 2.75) is 26.2 Å². The summed E-state index contributed by atoms with van der Waals surface area (Å²) in [5.74, 6) is 1.84. The molecule has 1 aromatic heterocycles. The molecule has 0 radical (unpaired) electrons. The summed E-state index contributed by atoms with van der Waals surface area (Å²) in [4.78, 5) is 20.9. The predicted molar refractivity (Wildman–Crippen MR) is 98.1 cm³/mol. The molecule has 0 aromatic carbocycles. The molecule has 1 atom stereocenters. The van der Waals surface area contributed by atoms with Crippen molar-refractivity contribution < 1.29 is 4.79 Å². The molecule has 2 aliphatic heterocycles. The van der Waals surface area contributed by atoms with Crippen LogP contribution in [0.2, 0.25) is 0 Å². The fraction of sp³-hybridized carbons (Fsp3) is 0.786. The smallest absolute Gasteiger partial charge is 0.222 e. The van der Waals surface area contributed by atoms with E-state index < -0.39 is 0 Å². The van der Waals surface area contributed by atoms with Gasteiger partial charge in [-0.05, 0) is 38.8 Å². The van der Waals surface area contributed by atoms with Gasteiger partial charge in [-0.2, -0.15) is 4.37 Å². The van der Waals surface area contributed by atoms with Crippen LogP contribution in [0.1, 0.15) is 25.1 Å². The molecule has 3 rings (SSSR count). The van der Waals surface area contributed by atoms with Crippen LogP contribution in [0.15, 0.2) is 0 Å². The summed E-state index contributed by atoms with van der Waals surface area (Å²) >= 11 is 1.45. The third-order valence-electron chi connectivity index (χ3n) is 4.35. The zero-order valence-electron chi connectivity index (χ0n) is 13.4. The highest BCUT2D eigenvalue weighted by Gasteiger charge is 2.24. The molecule has 3 heterocycles. The average Bonchev–Trinajstić information content (AvgIpc) is 3.16. The lowest BCUT2D eigenvalue weighted by Crippen LogP contribution is -2.48. The van der Waals surface area contributed by atoms with Crippen LogP contribution in [0.4, 0.5) is 5.13 Å². The van der Waals surface area contributed by atoms with E-state index in [1.54, 1.807) is 0 Å². The maximum atomic E-state index is 12.3. The summed E-state index contributed by atoms with van der Waals surface area (Å²) in [6, 6.07) is 0. The van der Waals surface area contributed by atoms with Crippen LogP contribution in [-0.2, 0) is 4.79 Å². The summed E-state index contributed by atoms with van der Waals surface area (Å²) in [7, 11) is 0. The highest BCUT2D eigenvalue weighted by atomic mass is 35.5. The number of hydrogen-bond acceptors (Lipinski definition) is 6. The van der Waals surface area contributed by atoms with Crippen molar-refractivity contribution in [1.82, 2.24) is 19.6 Å². The Kier molecular flexibility index (Phi) is 8.53. The van der Waals surface area contributed by atoms with E-state index in [4.69, 9.17) is 0 Å². The molecule has 2 saturated heterocycles. The van der Waals surface area contributed by atoms with Gasteiger partial charge in [0.05, 0.1) is 0 Å². The Morgan fingerprint density at radius 2 is 2.04 bits per heavy atom. The molecule has 0 spiro atoms. The number of piperazine rings is 1. The van der Waals surface area contributed by atoms with Gasteiger partial charge >= 0.3 is 0 Å². The highest BCUT2D eigenvalue weighted by molar-refractivity contribution is 7.09. The lowest BCUT2D eigenvalue weighted by Gasteiger charge is -2.34. The molecule has 6 nitrogen and oxygen atoms in total. The lowest BCUT2D eigenvalue weighted by molar-refractivity contribution is -0.131. The van der Waals surface area contributed by atoms with Gasteiger partial charge in [0.25, 0.3) is 0 Å². The van der Waals surface area contributed by atoms with E-state index in [0.29, 0.717) is 18.2 Å². The zero-order valence-corrected chi connectivity index (χ0v) is 15.8. The van der Waals surface area contributed by atoms with Crippen molar-refractivity contribution >= 4 is 47.4 Å². The van der Waals surface area contributed by atoms with Crippen LogP contribution in [0.3, 0.4) is 0 Å². The summed E-state index contributed by atoms with van der Waals surface area (Å²) in [6.07, 6.45) is 2.95. The van der Waals surface area contributed by atoms with Gasteiger partial charge in [-0.1, -0.05) is 0 Å². The van der Waals surface area contributed by atoms with E-state index in [9.17, 15) is 4.79 Å². The molecule has 1 amide bonds. The summed E-state index contributed by atoms with van der Waals surface area (Å²) in [5, 5.41) is 4.34. The number of carbonyl (C=O) groups is 1. The first-order valence-electron chi connectivity index (χ1n) is 7.76. The number of carbonyl (C=O) groups excluding carboxylic acids is 1. The minimum absolute atomic E-state index is 0. The molecule has 132 valence electrons. The van der Waals surface area contributed by atoms with Crippen LogP contribution in [0.5, 0.6) is 0 Å². The average molecular weight is 382 g/mol. The van der Waals surface area contributed by atoms with E-state index in [-0.39, 0.29) is 24.8 Å². The van der Waals surface area contributed by atoms with Crippen LogP contribution < -0.4 is 10.2 Å². The SMILES string of the molecule is Cc1nsc(N2CCN(C(=O)CCC3CCNC3)CC2)n1.Cl.Cl. The van der Waals surface area contributed by atoms with Gasteiger partial charge in [0.15, 0.2) is 0 Å². The molecule has 23 heavy (non-hydrogen) atoms. The normalized spacial score (nSPS) is 20.8. The summed E-state index contributed by atoms with van der Waals surface area (Å²) in [6.45, 7) is 7.45. The standard InChI is InChI=1S/C14H23N5OS.2ClH/c1-11-16-14(21-17-11)19-8-6-18(7-9-19)13(20)3-2-12-4-5-15-10-12;;/h12,15H,2-10H2,1H3;2*1H. The molecular weight excluding hydrogens is 357 g/mol. The number of hydrogen-bond donors (Lipinski definition) is 1. The molecule has 1 unspecified atom stereocenters. The molecule has 0 saturated carbocycles. The fourth-order valence-corrected chi connectivity index (χ4v) is 3.73. The topological polar surface area (TPSA) is 61.4 Å².